The summed E-state index contributed by atoms with van der Waals surface area (Å²) in [7, 11) is -2.26. The van der Waals surface area contributed by atoms with E-state index in [2.05, 4.69) is 14.9 Å². The minimum absolute atomic E-state index is 0.0210. The summed E-state index contributed by atoms with van der Waals surface area (Å²) >= 11 is 0. The smallest absolute Gasteiger partial charge is 0.238 e. The molecule has 6 rings (SSSR count). The molecule has 0 bridgehead atoms. The van der Waals surface area contributed by atoms with Gasteiger partial charge in [-0.2, -0.15) is 10.1 Å². The van der Waals surface area contributed by atoms with Gasteiger partial charge in [-0.05, 0) is 49.9 Å². The average molecular weight is 541 g/mol. The summed E-state index contributed by atoms with van der Waals surface area (Å²) in [4.78, 5) is 23.1. The molecule has 1 aromatic carbocycles. The van der Waals surface area contributed by atoms with Gasteiger partial charge in [0.2, 0.25) is 21.9 Å². The highest BCUT2D eigenvalue weighted by Gasteiger charge is 2.49. The highest BCUT2D eigenvalue weighted by atomic mass is 32.2. The topological polar surface area (TPSA) is 139 Å². The first kappa shape index (κ1) is 24.7. The summed E-state index contributed by atoms with van der Waals surface area (Å²) in [6.07, 6.45) is 8.43. The zero-order chi connectivity index (χ0) is 26.8. The molecule has 3 aliphatic rings. The molecular formula is C25H29FN8O3S. The molecule has 2 fully saturated rings. The number of hydrazone groups is 1. The Labute approximate surface area is 219 Å². The van der Waals surface area contributed by atoms with Crippen LogP contribution in [0.4, 0.5) is 21.8 Å². The maximum Gasteiger partial charge on any atom is 0.238 e. The zero-order valence-corrected chi connectivity index (χ0v) is 22.0. The lowest BCUT2D eigenvalue weighted by atomic mass is 9.79. The van der Waals surface area contributed by atoms with E-state index < -0.39 is 21.4 Å². The van der Waals surface area contributed by atoms with Crippen LogP contribution in [0.2, 0.25) is 0 Å². The molecule has 1 spiro atoms. The van der Waals surface area contributed by atoms with Crippen molar-refractivity contribution in [2.75, 3.05) is 17.4 Å². The quantitative estimate of drug-likeness (QED) is 0.517. The number of anilines is 3. The molecule has 200 valence electrons. The standard InChI is InChI=1S/C25H29FN8O3S/c1-15(35)32(2)23-25(10-4-3-5-11-25)33-21(34(31-23)17-6-7-17)12-16-14-28-24(30-22(16)33)29-20-9-8-18(13-19(20)26)38(27,36)37/h8-9,12-14,17H,3-7,10-11H2,1-2H3,(H2,27,36,37)(H,28,29,30). The van der Waals surface area contributed by atoms with Crippen molar-refractivity contribution in [3.05, 3.63) is 36.3 Å². The molecule has 3 aromatic rings. The molecule has 13 heteroatoms. The molecule has 2 saturated carbocycles. The number of amidine groups is 1. The summed E-state index contributed by atoms with van der Waals surface area (Å²) in [5.41, 5.74) is 0.137. The van der Waals surface area contributed by atoms with Gasteiger partial charge in [0.15, 0.2) is 5.84 Å². The fraction of sp³-hybridized carbons (Fsp3) is 0.440. The number of likely N-dealkylation sites (N-methyl/N-ethyl adjacent to an activating group) is 1. The fourth-order valence-corrected chi connectivity index (χ4v) is 6.09. The maximum atomic E-state index is 14.7. The lowest BCUT2D eigenvalue weighted by Gasteiger charge is -2.47. The van der Waals surface area contributed by atoms with E-state index in [1.165, 1.54) is 12.1 Å². The van der Waals surface area contributed by atoms with Crippen LogP contribution >= 0.6 is 0 Å². The Morgan fingerprint density at radius 1 is 1.21 bits per heavy atom. The number of aromatic nitrogens is 3. The van der Waals surface area contributed by atoms with Gasteiger partial charge in [-0.15, -0.1) is 0 Å². The van der Waals surface area contributed by atoms with Crippen molar-refractivity contribution in [2.45, 2.75) is 68.3 Å². The first-order valence-electron chi connectivity index (χ1n) is 12.7. The first-order valence-corrected chi connectivity index (χ1v) is 14.2. The molecule has 3 heterocycles. The van der Waals surface area contributed by atoms with Gasteiger partial charge < -0.3 is 10.2 Å². The van der Waals surface area contributed by atoms with Gasteiger partial charge in [-0.1, -0.05) is 19.3 Å². The molecule has 1 amide bonds. The number of primary sulfonamides is 1. The van der Waals surface area contributed by atoms with E-state index in [-0.39, 0.29) is 28.5 Å². The molecule has 0 unspecified atom stereocenters. The monoisotopic (exact) mass is 540 g/mol. The van der Waals surface area contributed by atoms with Gasteiger partial charge in [0.1, 0.15) is 22.8 Å². The van der Waals surface area contributed by atoms with Crippen molar-refractivity contribution >= 4 is 50.3 Å². The minimum Gasteiger partial charge on any atom is -0.322 e. The molecule has 38 heavy (non-hydrogen) atoms. The Kier molecular flexibility index (Phi) is 5.69. The van der Waals surface area contributed by atoms with Crippen LogP contribution in [-0.4, -0.2) is 52.7 Å². The van der Waals surface area contributed by atoms with Gasteiger partial charge in [0, 0.05) is 25.6 Å². The number of sulfonamides is 1. The number of halogens is 1. The van der Waals surface area contributed by atoms with Crippen molar-refractivity contribution in [3.63, 3.8) is 0 Å². The maximum absolute atomic E-state index is 14.7. The lowest BCUT2D eigenvalue weighted by molar-refractivity contribution is -0.124. The van der Waals surface area contributed by atoms with Gasteiger partial charge in [-0.3, -0.25) is 9.36 Å². The summed E-state index contributed by atoms with van der Waals surface area (Å²) < 4.78 is 40.1. The number of fused-ring (bicyclic) bond motifs is 4. The third-order valence-electron chi connectivity index (χ3n) is 7.68. The predicted octanol–water partition coefficient (Wildman–Crippen LogP) is 3.40. The van der Waals surface area contributed by atoms with Crippen LogP contribution in [0.15, 0.2) is 40.5 Å². The van der Waals surface area contributed by atoms with Crippen LogP contribution in [0.1, 0.15) is 51.9 Å². The van der Waals surface area contributed by atoms with E-state index in [0.29, 0.717) is 5.65 Å². The van der Waals surface area contributed by atoms with Gasteiger partial charge >= 0.3 is 0 Å². The number of hydrogen-bond acceptors (Lipinski definition) is 8. The number of nitrogens with zero attached hydrogens (tertiary/aromatic N) is 6. The number of carbonyl (C=O) groups is 1. The van der Waals surface area contributed by atoms with Crippen molar-refractivity contribution < 1.29 is 17.6 Å². The number of hydrogen-bond donors (Lipinski definition) is 2. The van der Waals surface area contributed by atoms with E-state index in [0.717, 1.165) is 68.1 Å². The Hall–Kier alpha value is -3.58. The highest BCUT2D eigenvalue weighted by Crippen LogP contribution is 2.48. The Morgan fingerprint density at radius 3 is 2.58 bits per heavy atom. The highest BCUT2D eigenvalue weighted by molar-refractivity contribution is 7.89. The number of nitrogens with two attached hydrogens (primary N) is 1. The first-order chi connectivity index (χ1) is 18.1. The van der Waals surface area contributed by atoms with Gasteiger partial charge in [0.05, 0.1) is 16.6 Å². The SMILES string of the molecule is CC(=O)N(C)C1=NN(C2CC2)c2cc3cnc(Nc4ccc(S(N)(=O)=O)cc4F)nc3n2C12CCCCC2. The number of nitrogens with one attached hydrogen (secondary N) is 1. The van der Waals surface area contributed by atoms with Crippen molar-refractivity contribution in [1.82, 2.24) is 19.4 Å². The van der Waals surface area contributed by atoms with E-state index in [1.54, 1.807) is 25.1 Å². The van der Waals surface area contributed by atoms with E-state index in [9.17, 15) is 17.6 Å². The van der Waals surface area contributed by atoms with Crippen LogP contribution in [0.25, 0.3) is 11.0 Å². The third-order valence-corrected chi connectivity index (χ3v) is 8.59. The second kappa shape index (κ2) is 8.73. The average Bonchev–Trinajstić information content (AvgIpc) is 3.64. The molecule has 11 nitrogen and oxygen atoms in total. The minimum atomic E-state index is -4.03. The Morgan fingerprint density at radius 2 is 1.95 bits per heavy atom. The van der Waals surface area contributed by atoms with Gasteiger partial charge in [-0.25, -0.2) is 27.9 Å². The second-order valence-electron chi connectivity index (χ2n) is 10.3. The zero-order valence-electron chi connectivity index (χ0n) is 21.2. The van der Waals surface area contributed by atoms with Crippen LogP contribution in [0, 0.1) is 5.82 Å². The molecule has 1 aliphatic heterocycles. The van der Waals surface area contributed by atoms with Gasteiger partial charge in [0.25, 0.3) is 0 Å². The van der Waals surface area contributed by atoms with Crippen molar-refractivity contribution in [3.8, 4) is 0 Å². The summed E-state index contributed by atoms with van der Waals surface area (Å²) in [6, 6.07) is 5.67. The number of rotatable bonds is 4. The Bertz CT molecular complexity index is 1590. The molecule has 0 saturated heterocycles. The Balaban J connectivity index is 1.48. The molecule has 2 aromatic heterocycles. The molecule has 3 N–H and O–H groups in total. The number of carbonyl (C=O) groups excluding carboxylic acids is 1. The van der Waals surface area contributed by atoms with Crippen molar-refractivity contribution in [2.24, 2.45) is 10.2 Å². The van der Waals surface area contributed by atoms with E-state index in [4.69, 9.17) is 15.2 Å². The van der Waals surface area contributed by atoms with E-state index in [1.807, 2.05) is 11.1 Å². The predicted molar refractivity (Wildman–Crippen MR) is 141 cm³/mol. The third kappa shape index (κ3) is 4.00. The molecular weight excluding hydrogens is 511 g/mol. The van der Waals surface area contributed by atoms with E-state index >= 15 is 0 Å². The normalized spacial score (nSPS) is 18.8. The number of amides is 1. The largest absolute Gasteiger partial charge is 0.322 e. The number of benzene rings is 1. The molecule has 0 radical (unpaired) electrons. The van der Waals surface area contributed by atoms with Crippen LogP contribution < -0.4 is 15.5 Å². The second-order valence-corrected chi connectivity index (χ2v) is 11.9. The summed E-state index contributed by atoms with van der Waals surface area (Å²) in [5, 5.41) is 15.9. The molecule has 2 aliphatic carbocycles. The summed E-state index contributed by atoms with van der Waals surface area (Å²) in [6.45, 7) is 1.55. The van der Waals surface area contributed by atoms with Crippen LogP contribution in [-0.2, 0) is 20.4 Å². The summed E-state index contributed by atoms with van der Waals surface area (Å²) in [5.74, 6) is 0.923. The van der Waals surface area contributed by atoms with Crippen LogP contribution in [0.3, 0.4) is 0 Å². The lowest BCUT2D eigenvalue weighted by Crippen LogP contribution is -2.56. The van der Waals surface area contributed by atoms with Crippen LogP contribution in [0.5, 0.6) is 0 Å². The van der Waals surface area contributed by atoms with Crippen molar-refractivity contribution in [1.29, 1.82) is 0 Å². The fourth-order valence-electron chi connectivity index (χ4n) is 5.57. The molecule has 0 atom stereocenters.